The van der Waals surface area contributed by atoms with Gasteiger partial charge >= 0.3 is 6.80 Å². The zero-order valence-corrected chi connectivity index (χ0v) is 12.5. The van der Waals surface area contributed by atoms with Crippen LogP contribution in [0.25, 0.3) is 0 Å². The number of hydrogen-bond acceptors (Lipinski definition) is 4. The number of benzene rings is 1. The maximum absolute atomic E-state index is 10.6. The molecule has 0 aliphatic carbocycles. The zero-order chi connectivity index (χ0) is 14.0. The van der Waals surface area contributed by atoms with E-state index in [-0.39, 0.29) is 0 Å². The SMILES string of the molecule is O=P(O)(O)SCCNCCCNCc1ccccc1. The van der Waals surface area contributed by atoms with Gasteiger partial charge in [0.1, 0.15) is 0 Å². The summed E-state index contributed by atoms with van der Waals surface area (Å²) in [5.41, 5.74) is 1.27. The molecule has 1 rings (SSSR count). The minimum absolute atomic E-state index is 0.432. The predicted octanol–water partition coefficient (Wildman–Crippen LogP) is 1.58. The van der Waals surface area contributed by atoms with Crippen molar-refractivity contribution in [1.29, 1.82) is 0 Å². The smallest absolute Gasteiger partial charge is 0.317 e. The fourth-order valence-electron chi connectivity index (χ4n) is 1.53. The first-order valence-electron chi connectivity index (χ1n) is 6.23. The molecule has 5 nitrogen and oxygen atoms in total. The number of nitrogens with one attached hydrogen (secondary N) is 2. The van der Waals surface area contributed by atoms with Crippen LogP contribution in [0.3, 0.4) is 0 Å². The Bertz CT molecular complexity index is 386. The average molecular weight is 304 g/mol. The van der Waals surface area contributed by atoms with Crippen molar-refractivity contribution in [3.05, 3.63) is 35.9 Å². The van der Waals surface area contributed by atoms with Gasteiger partial charge in [-0.2, -0.15) is 0 Å². The summed E-state index contributed by atoms with van der Waals surface area (Å²) >= 11 is 0.688. The second-order valence-corrected chi connectivity index (χ2v) is 7.94. The summed E-state index contributed by atoms with van der Waals surface area (Å²) < 4.78 is 10.6. The van der Waals surface area contributed by atoms with Crippen molar-refractivity contribution < 1.29 is 14.4 Å². The molecule has 0 spiro atoms. The molecule has 0 fully saturated rings. The monoisotopic (exact) mass is 304 g/mol. The Hall–Kier alpha value is -0.360. The molecule has 108 valence electrons. The van der Waals surface area contributed by atoms with E-state index in [1.807, 2.05) is 18.2 Å². The van der Waals surface area contributed by atoms with Gasteiger partial charge < -0.3 is 20.4 Å². The Morgan fingerprint density at radius 3 is 2.42 bits per heavy atom. The van der Waals surface area contributed by atoms with Crippen molar-refractivity contribution in [3.8, 4) is 0 Å². The number of hydrogen-bond donors (Lipinski definition) is 4. The molecule has 0 saturated carbocycles. The van der Waals surface area contributed by atoms with Gasteiger partial charge in [0, 0.05) is 18.8 Å². The lowest BCUT2D eigenvalue weighted by molar-refractivity contribution is 0.397. The summed E-state index contributed by atoms with van der Waals surface area (Å²) in [7, 11) is 0. The van der Waals surface area contributed by atoms with Crippen LogP contribution in [0, 0.1) is 0 Å². The summed E-state index contributed by atoms with van der Waals surface area (Å²) in [6.07, 6.45) is 0.993. The fraction of sp³-hybridized carbons (Fsp3) is 0.500. The first kappa shape index (κ1) is 16.7. The molecule has 1 aromatic carbocycles. The van der Waals surface area contributed by atoms with E-state index in [4.69, 9.17) is 9.79 Å². The van der Waals surface area contributed by atoms with Crippen LogP contribution in [0.1, 0.15) is 12.0 Å². The van der Waals surface area contributed by atoms with Crippen LogP contribution in [0.15, 0.2) is 30.3 Å². The molecule has 0 atom stereocenters. The van der Waals surface area contributed by atoms with Crippen LogP contribution in [-0.2, 0) is 11.1 Å². The summed E-state index contributed by atoms with van der Waals surface area (Å²) in [6.45, 7) is -0.637. The third-order valence-electron chi connectivity index (χ3n) is 2.42. The van der Waals surface area contributed by atoms with Gasteiger partial charge in [-0.15, -0.1) is 0 Å². The third-order valence-corrected chi connectivity index (χ3v) is 4.70. The molecular formula is C12H21N2O3PS. The van der Waals surface area contributed by atoms with E-state index in [0.29, 0.717) is 23.7 Å². The third kappa shape index (κ3) is 10.1. The molecule has 0 heterocycles. The maximum atomic E-state index is 10.6. The van der Waals surface area contributed by atoms with E-state index in [1.54, 1.807) is 0 Å². The summed E-state index contributed by atoms with van der Waals surface area (Å²) in [6, 6.07) is 10.2. The van der Waals surface area contributed by atoms with Crippen molar-refractivity contribution in [3.63, 3.8) is 0 Å². The molecule has 0 aromatic heterocycles. The van der Waals surface area contributed by atoms with Gasteiger partial charge in [0.05, 0.1) is 0 Å². The Labute approximate surface area is 118 Å². The van der Waals surface area contributed by atoms with Crippen molar-refractivity contribution >= 4 is 18.2 Å². The van der Waals surface area contributed by atoms with Crippen molar-refractivity contribution in [1.82, 2.24) is 10.6 Å². The molecule has 0 aliphatic rings. The second-order valence-electron chi connectivity index (χ2n) is 4.09. The minimum atomic E-state index is -3.90. The highest BCUT2D eigenvalue weighted by atomic mass is 32.7. The van der Waals surface area contributed by atoms with Gasteiger partial charge in [-0.1, -0.05) is 30.3 Å². The lowest BCUT2D eigenvalue weighted by atomic mass is 10.2. The zero-order valence-electron chi connectivity index (χ0n) is 10.8. The Morgan fingerprint density at radius 1 is 1.05 bits per heavy atom. The molecule has 0 unspecified atom stereocenters. The van der Waals surface area contributed by atoms with Gasteiger partial charge in [0.15, 0.2) is 0 Å². The Balaban J connectivity index is 1.88. The van der Waals surface area contributed by atoms with Gasteiger partial charge in [-0.05, 0) is 36.5 Å². The molecule has 7 heteroatoms. The summed E-state index contributed by atoms with van der Waals surface area (Å²) in [5.74, 6) is 0.432. The highest BCUT2D eigenvalue weighted by molar-refractivity contribution is 8.54. The topological polar surface area (TPSA) is 81.6 Å². The standard InChI is InChI=1S/C12H21N2O3PS/c15-18(16,17)19-10-9-13-7-4-8-14-11-12-5-2-1-3-6-12/h1-3,5-6,13-14H,4,7-11H2,(H2,15,16,17). The molecule has 1 aromatic rings. The molecule has 0 bridgehead atoms. The van der Waals surface area contributed by atoms with Crippen molar-refractivity contribution in [2.24, 2.45) is 0 Å². The van der Waals surface area contributed by atoms with E-state index in [2.05, 4.69) is 22.8 Å². The molecule has 0 amide bonds. The second kappa shape index (κ2) is 9.53. The van der Waals surface area contributed by atoms with E-state index in [0.717, 1.165) is 26.1 Å². The normalized spacial score (nSPS) is 11.7. The maximum Gasteiger partial charge on any atom is 0.384 e. The van der Waals surface area contributed by atoms with Crippen LogP contribution < -0.4 is 10.6 Å². The summed E-state index contributed by atoms with van der Waals surface area (Å²) in [5, 5.41) is 6.50. The molecule has 19 heavy (non-hydrogen) atoms. The quantitative estimate of drug-likeness (QED) is 0.388. The highest BCUT2D eigenvalue weighted by Crippen LogP contribution is 2.49. The Morgan fingerprint density at radius 2 is 1.74 bits per heavy atom. The largest absolute Gasteiger partial charge is 0.384 e. The van der Waals surface area contributed by atoms with Crippen molar-refractivity contribution in [2.75, 3.05) is 25.4 Å². The Kier molecular flexibility index (Phi) is 8.37. The van der Waals surface area contributed by atoms with Crippen LogP contribution in [0.2, 0.25) is 0 Å². The van der Waals surface area contributed by atoms with Crippen molar-refractivity contribution in [2.45, 2.75) is 13.0 Å². The predicted molar refractivity (Wildman–Crippen MR) is 80.1 cm³/mol. The fourth-order valence-corrected chi connectivity index (χ4v) is 2.99. The van der Waals surface area contributed by atoms with E-state index < -0.39 is 6.80 Å². The summed E-state index contributed by atoms with van der Waals surface area (Å²) in [4.78, 5) is 17.3. The van der Waals surface area contributed by atoms with Crippen LogP contribution in [0.4, 0.5) is 0 Å². The molecule has 0 aliphatic heterocycles. The average Bonchev–Trinajstić information content (AvgIpc) is 2.37. The lowest BCUT2D eigenvalue weighted by Crippen LogP contribution is -2.23. The van der Waals surface area contributed by atoms with Gasteiger partial charge in [0.25, 0.3) is 0 Å². The molecule has 4 N–H and O–H groups in total. The van der Waals surface area contributed by atoms with E-state index in [1.165, 1.54) is 5.56 Å². The van der Waals surface area contributed by atoms with Crippen LogP contribution in [0.5, 0.6) is 0 Å². The molecular weight excluding hydrogens is 283 g/mol. The first-order chi connectivity index (χ1) is 9.08. The lowest BCUT2D eigenvalue weighted by Gasteiger charge is -2.07. The first-order valence-corrected chi connectivity index (χ1v) is 9.44. The minimum Gasteiger partial charge on any atom is -0.317 e. The number of rotatable bonds is 10. The van der Waals surface area contributed by atoms with Gasteiger partial charge in [0.2, 0.25) is 0 Å². The van der Waals surface area contributed by atoms with Crippen LogP contribution in [-0.4, -0.2) is 35.2 Å². The van der Waals surface area contributed by atoms with Crippen LogP contribution >= 0.6 is 18.2 Å². The van der Waals surface area contributed by atoms with Gasteiger partial charge in [-0.25, -0.2) is 4.57 Å². The molecule has 0 saturated heterocycles. The van der Waals surface area contributed by atoms with E-state index >= 15 is 0 Å². The molecule has 0 radical (unpaired) electrons. The van der Waals surface area contributed by atoms with E-state index in [9.17, 15) is 4.57 Å². The van der Waals surface area contributed by atoms with Gasteiger partial charge in [-0.3, -0.25) is 0 Å². The highest BCUT2D eigenvalue weighted by Gasteiger charge is 2.11.